The van der Waals surface area contributed by atoms with E-state index in [1.807, 2.05) is 0 Å². The Morgan fingerprint density at radius 3 is 2.41 bits per heavy atom. The summed E-state index contributed by atoms with van der Waals surface area (Å²) >= 11 is 0. The second-order valence-corrected chi connectivity index (χ2v) is 3.46. The number of aryl methyl sites for hydroxylation is 1. The molecule has 0 aliphatic carbocycles. The molecule has 2 rings (SSSR count). The zero-order valence-electron chi connectivity index (χ0n) is 9.14. The van der Waals surface area contributed by atoms with E-state index in [-0.39, 0.29) is 22.2 Å². The normalized spacial score (nSPS) is 10.2. The van der Waals surface area contributed by atoms with Crippen molar-refractivity contribution in [3.8, 4) is 0 Å². The van der Waals surface area contributed by atoms with E-state index in [2.05, 4.69) is 4.98 Å². The Morgan fingerprint density at radius 2 is 1.88 bits per heavy atom. The van der Waals surface area contributed by atoms with Crippen molar-refractivity contribution in [2.45, 2.75) is 0 Å². The first kappa shape index (κ1) is 12.7. The monoisotopic (exact) mass is 241 g/mol. The van der Waals surface area contributed by atoms with Gasteiger partial charge in [0.05, 0.1) is 5.39 Å². The van der Waals surface area contributed by atoms with Crippen molar-refractivity contribution in [3.63, 3.8) is 0 Å². The molecule has 8 nitrogen and oxygen atoms in total. The third kappa shape index (κ3) is 1.64. The predicted octanol–water partition coefficient (Wildman–Crippen LogP) is -1.56. The van der Waals surface area contributed by atoms with Gasteiger partial charge in [-0.1, -0.05) is 0 Å². The van der Waals surface area contributed by atoms with Crippen LogP contribution in [0.1, 0.15) is 10.5 Å². The summed E-state index contributed by atoms with van der Waals surface area (Å²) in [7, 11) is 2.81. The Hall–Kier alpha value is -2.35. The van der Waals surface area contributed by atoms with E-state index >= 15 is 0 Å². The second-order valence-electron chi connectivity index (χ2n) is 3.46. The highest BCUT2D eigenvalue weighted by Gasteiger charge is 2.14. The minimum absolute atomic E-state index is 0. The van der Waals surface area contributed by atoms with Crippen molar-refractivity contribution in [2.24, 2.45) is 14.1 Å². The van der Waals surface area contributed by atoms with Crippen LogP contribution < -0.4 is 11.2 Å². The van der Waals surface area contributed by atoms with E-state index in [0.717, 1.165) is 4.57 Å². The van der Waals surface area contributed by atoms with Crippen LogP contribution in [0.5, 0.6) is 0 Å². The van der Waals surface area contributed by atoms with Crippen molar-refractivity contribution in [2.75, 3.05) is 0 Å². The number of carboxylic acid groups (broad SMARTS) is 1. The van der Waals surface area contributed by atoms with Crippen LogP contribution >= 0.6 is 0 Å². The van der Waals surface area contributed by atoms with Crippen LogP contribution in [0.15, 0.2) is 15.7 Å². The van der Waals surface area contributed by atoms with Gasteiger partial charge in [0.2, 0.25) is 0 Å². The van der Waals surface area contributed by atoms with E-state index in [0.29, 0.717) is 0 Å². The number of carboxylic acids is 1. The highest BCUT2D eigenvalue weighted by atomic mass is 16.4. The van der Waals surface area contributed by atoms with Crippen molar-refractivity contribution < 1.29 is 15.4 Å². The van der Waals surface area contributed by atoms with Gasteiger partial charge >= 0.3 is 11.7 Å². The van der Waals surface area contributed by atoms with E-state index in [1.54, 1.807) is 0 Å². The van der Waals surface area contributed by atoms with Crippen LogP contribution in [0.3, 0.4) is 0 Å². The summed E-state index contributed by atoms with van der Waals surface area (Å²) < 4.78 is 2.13. The van der Waals surface area contributed by atoms with Gasteiger partial charge in [-0.2, -0.15) is 0 Å². The number of nitrogens with zero attached hydrogens (tertiary/aromatic N) is 2. The number of nitrogens with one attached hydrogen (secondary N) is 1. The lowest BCUT2D eigenvalue weighted by atomic mass is 10.3. The highest BCUT2D eigenvalue weighted by molar-refractivity contribution is 5.92. The Bertz CT molecular complexity index is 706. The molecule has 0 aromatic carbocycles. The van der Waals surface area contributed by atoms with Crippen LogP contribution in [0, 0.1) is 0 Å². The molecule has 0 saturated heterocycles. The van der Waals surface area contributed by atoms with Crippen molar-refractivity contribution in [3.05, 3.63) is 32.6 Å². The predicted molar refractivity (Wildman–Crippen MR) is 59.4 cm³/mol. The molecule has 0 saturated carbocycles. The quantitative estimate of drug-likeness (QED) is 0.625. The molecule has 0 fully saturated rings. The van der Waals surface area contributed by atoms with Gasteiger partial charge in [0.25, 0.3) is 5.56 Å². The summed E-state index contributed by atoms with van der Waals surface area (Å²) in [6.45, 7) is 0. The topological polar surface area (TPSA) is 129 Å². The first-order valence-electron chi connectivity index (χ1n) is 4.45. The van der Waals surface area contributed by atoms with Crippen LogP contribution in [0.4, 0.5) is 0 Å². The lowest BCUT2D eigenvalue weighted by Gasteiger charge is -2.02. The number of carbonyl (C=O) groups is 1. The minimum atomic E-state index is -1.18. The van der Waals surface area contributed by atoms with E-state index in [1.165, 1.54) is 24.7 Å². The van der Waals surface area contributed by atoms with Crippen LogP contribution in [-0.4, -0.2) is 30.7 Å². The molecule has 0 aliphatic heterocycles. The fourth-order valence-corrected chi connectivity index (χ4v) is 1.57. The van der Waals surface area contributed by atoms with Crippen LogP contribution in [-0.2, 0) is 14.1 Å². The standard InChI is InChI=1S/C9H9N3O4.H2O/c1-11-6-4(3-5(10-6)8(14)15)7(13)12(2)9(11)16;/h3,10H,1-2H3,(H,14,15);1H2. The third-order valence-electron chi connectivity index (χ3n) is 2.47. The molecule has 0 aliphatic rings. The Labute approximate surface area is 94.0 Å². The van der Waals surface area contributed by atoms with Gasteiger partial charge in [0.1, 0.15) is 11.3 Å². The van der Waals surface area contributed by atoms with Gasteiger partial charge in [-0.15, -0.1) is 0 Å². The zero-order valence-corrected chi connectivity index (χ0v) is 9.14. The summed E-state index contributed by atoms with van der Waals surface area (Å²) in [5, 5.41) is 8.96. The molecule has 4 N–H and O–H groups in total. The summed E-state index contributed by atoms with van der Waals surface area (Å²) in [5.74, 6) is -1.18. The minimum Gasteiger partial charge on any atom is -0.477 e. The number of aromatic nitrogens is 3. The lowest BCUT2D eigenvalue weighted by Crippen LogP contribution is -2.36. The second kappa shape index (κ2) is 3.91. The smallest absolute Gasteiger partial charge is 0.352 e. The number of hydrogen-bond donors (Lipinski definition) is 2. The maximum atomic E-state index is 11.7. The van der Waals surface area contributed by atoms with Gasteiger partial charge in [-0.3, -0.25) is 13.9 Å². The van der Waals surface area contributed by atoms with Gasteiger partial charge < -0.3 is 15.6 Å². The fourth-order valence-electron chi connectivity index (χ4n) is 1.57. The molecule has 8 heteroatoms. The van der Waals surface area contributed by atoms with E-state index in [9.17, 15) is 14.4 Å². The molecule has 0 radical (unpaired) electrons. The maximum Gasteiger partial charge on any atom is 0.352 e. The highest BCUT2D eigenvalue weighted by Crippen LogP contribution is 2.08. The molecule has 0 atom stereocenters. The maximum absolute atomic E-state index is 11.7. The van der Waals surface area contributed by atoms with Gasteiger partial charge in [0.15, 0.2) is 0 Å². The molecule has 0 unspecified atom stereocenters. The number of fused-ring (bicyclic) bond motifs is 1. The number of H-pyrrole nitrogens is 1. The summed E-state index contributed by atoms with van der Waals surface area (Å²) in [6.07, 6.45) is 0. The van der Waals surface area contributed by atoms with Crippen molar-refractivity contribution >= 4 is 17.0 Å². The van der Waals surface area contributed by atoms with Crippen LogP contribution in [0.2, 0.25) is 0 Å². The first-order valence-corrected chi connectivity index (χ1v) is 4.45. The number of rotatable bonds is 1. The molecule has 2 heterocycles. The first-order chi connectivity index (χ1) is 7.43. The Balaban J connectivity index is 0.00000144. The summed E-state index contributed by atoms with van der Waals surface area (Å²) in [4.78, 5) is 36.5. The van der Waals surface area contributed by atoms with Gasteiger partial charge in [-0.05, 0) is 6.07 Å². The van der Waals surface area contributed by atoms with Crippen LogP contribution in [0.25, 0.3) is 11.0 Å². The van der Waals surface area contributed by atoms with Crippen molar-refractivity contribution in [1.29, 1.82) is 0 Å². The van der Waals surface area contributed by atoms with E-state index < -0.39 is 17.2 Å². The Kier molecular flexibility index (Phi) is 2.92. The molecule has 0 amide bonds. The molecular weight excluding hydrogens is 230 g/mol. The molecule has 2 aromatic rings. The van der Waals surface area contributed by atoms with Gasteiger partial charge in [-0.25, -0.2) is 9.59 Å². The molecular formula is C9H11N3O5. The summed E-state index contributed by atoms with van der Waals surface area (Å²) in [6, 6.07) is 1.22. The zero-order chi connectivity index (χ0) is 12.0. The molecule has 92 valence electrons. The fraction of sp³-hybridized carbons (Fsp3) is 0.222. The van der Waals surface area contributed by atoms with Crippen molar-refractivity contribution in [1.82, 2.24) is 14.1 Å². The molecule has 0 spiro atoms. The number of aromatic amines is 1. The van der Waals surface area contributed by atoms with Gasteiger partial charge in [0, 0.05) is 14.1 Å². The van der Waals surface area contributed by atoms with E-state index in [4.69, 9.17) is 5.11 Å². The third-order valence-corrected chi connectivity index (χ3v) is 2.47. The lowest BCUT2D eigenvalue weighted by molar-refractivity contribution is 0.0691. The molecule has 17 heavy (non-hydrogen) atoms. The molecule has 2 aromatic heterocycles. The summed E-state index contributed by atoms with van der Waals surface area (Å²) in [5.41, 5.74) is -0.920. The average Bonchev–Trinajstić information content (AvgIpc) is 2.68. The Morgan fingerprint density at radius 1 is 1.29 bits per heavy atom. The largest absolute Gasteiger partial charge is 0.477 e. The molecule has 0 bridgehead atoms. The SMILES string of the molecule is Cn1c(=O)c2cc(C(=O)O)[nH]c2n(C)c1=O.O. The average molecular weight is 241 g/mol. The number of hydrogen-bond acceptors (Lipinski definition) is 3. The number of aromatic carboxylic acids is 1.